The van der Waals surface area contributed by atoms with Crippen LogP contribution in [-0.4, -0.2) is 34.4 Å². The lowest BCUT2D eigenvalue weighted by Gasteiger charge is -2.20. The van der Waals surface area contributed by atoms with E-state index in [1.165, 1.54) is 0 Å². The van der Waals surface area contributed by atoms with Gasteiger partial charge < -0.3 is 19.4 Å². The number of halogens is 1. The van der Waals surface area contributed by atoms with Crippen molar-refractivity contribution in [3.63, 3.8) is 0 Å². The first-order valence-corrected chi connectivity index (χ1v) is 9.56. The fourth-order valence-corrected chi connectivity index (χ4v) is 2.67. The van der Waals surface area contributed by atoms with Crippen molar-refractivity contribution in [2.75, 3.05) is 13.2 Å². The van der Waals surface area contributed by atoms with Crippen molar-refractivity contribution >= 4 is 17.1 Å². The van der Waals surface area contributed by atoms with Gasteiger partial charge in [-0.3, -0.25) is 0 Å². The standard InChI is InChI=1S/C21H30FN3O3/c1-6-7-8-19-24-17-11-16(9-10-18(17)25(19)5)27-14-15(12-22)13-23-20(26)28-21(2,3)4/h9-12H,6-8,13-14H2,1-5H3,(H,23,26). The van der Waals surface area contributed by atoms with E-state index in [0.717, 1.165) is 36.1 Å². The van der Waals surface area contributed by atoms with E-state index in [0.29, 0.717) is 17.7 Å². The molecular weight excluding hydrogens is 361 g/mol. The summed E-state index contributed by atoms with van der Waals surface area (Å²) in [6, 6.07) is 5.64. The zero-order chi connectivity index (χ0) is 20.7. The zero-order valence-corrected chi connectivity index (χ0v) is 17.3. The predicted molar refractivity (Wildman–Crippen MR) is 108 cm³/mol. The molecule has 6 nitrogen and oxygen atoms in total. The van der Waals surface area contributed by atoms with Gasteiger partial charge in [-0.1, -0.05) is 13.3 Å². The highest BCUT2D eigenvalue weighted by Crippen LogP contribution is 2.22. The Hall–Kier alpha value is -2.57. The van der Waals surface area contributed by atoms with Gasteiger partial charge in [0.15, 0.2) is 0 Å². The number of alkyl carbamates (subject to hydrolysis) is 1. The third kappa shape index (κ3) is 6.25. The maximum Gasteiger partial charge on any atom is 0.407 e. The smallest absolute Gasteiger partial charge is 0.407 e. The van der Waals surface area contributed by atoms with Crippen molar-refractivity contribution in [1.82, 2.24) is 14.9 Å². The Labute approximate surface area is 165 Å². The number of unbranched alkanes of at least 4 members (excludes halogenated alkanes) is 1. The highest BCUT2D eigenvalue weighted by molar-refractivity contribution is 5.77. The van der Waals surface area contributed by atoms with Crippen LogP contribution in [0.2, 0.25) is 0 Å². The van der Waals surface area contributed by atoms with Crippen LogP contribution in [0.5, 0.6) is 5.75 Å². The number of carbonyl (C=O) groups excluding carboxylic acids is 1. The summed E-state index contributed by atoms with van der Waals surface area (Å²) in [5.41, 5.74) is 1.58. The predicted octanol–water partition coefficient (Wildman–Crippen LogP) is 4.67. The second kappa shape index (κ2) is 9.57. The summed E-state index contributed by atoms with van der Waals surface area (Å²) in [7, 11) is 2.01. The van der Waals surface area contributed by atoms with Gasteiger partial charge in [-0.25, -0.2) is 14.2 Å². The van der Waals surface area contributed by atoms with Gasteiger partial charge >= 0.3 is 6.09 Å². The molecule has 1 aromatic heterocycles. The Balaban J connectivity index is 1.95. The first kappa shape index (κ1) is 21.7. The third-order valence-electron chi connectivity index (χ3n) is 4.14. The summed E-state index contributed by atoms with van der Waals surface area (Å²) in [6.07, 6.45) is 2.99. The number of nitrogens with zero attached hydrogens (tertiary/aromatic N) is 2. The minimum Gasteiger partial charge on any atom is -0.489 e. The van der Waals surface area contributed by atoms with Crippen molar-refractivity contribution in [3.05, 3.63) is 35.9 Å². The lowest BCUT2D eigenvalue weighted by Crippen LogP contribution is -2.34. The van der Waals surface area contributed by atoms with Gasteiger partial charge in [0.05, 0.1) is 17.4 Å². The van der Waals surface area contributed by atoms with Crippen LogP contribution in [0.4, 0.5) is 9.18 Å². The van der Waals surface area contributed by atoms with Gasteiger partial charge in [0.25, 0.3) is 0 Å². The first-order valence-electron chi connectivity index (χ1n) is 9.56. The molecule has 154 valence electrons. The number of rotatable bonds is 8. The molecular formula is C21H30FN3O3. The summed E-state index contributed by atoms with van der Waals surface area (Å²) in [6.45, 7) is 7.49. The second-order valence-electron chi connectivity index (χ2n) is 7.75. The quantitative estimate of drug-likeness (QED) is 0.710. The van der Waals surface area contributed by atoms with Crippen LogP contribution in [0.25, 0.3) is 11.0 Å². The van der Waals surface area contributed by atoms with Crippen molar-refractivity contribution in [1.29, 1.82) is 0 Å². The molecule has 0 aliphatic carbocycles. The van der Waals surface area contributed by atoms with Crippen LogP contribution in [0.15, 0.2) is 30.1 Å². The van der Waals surface area contributed by atoms with Gasteiger partial charge in [-0.2, -0.15) is 0 Å². The molecule has 1 heterocycles. The van der Waals surface area contributed by atoms with Crippen molar-refractivity contribution in [2.45, 2.75) is 52.6 Å². The number of nitrogens with one attached hydrogen (secondary N) is 1. The summed E-state index contributed by atoms with van der Waals surface area (Å²) in [4.78, 5) is 16.3. The maximum absolute atomic E-state index is 13.1. The highest BCUT2D eigenvalue weighted by Gasteiger charge is 2.16. The number of carbonyl (C=O) groups is 1. The molecule has 0 radical (unpaired) electrons. The number of fused-ring (bicyclic) bond motifs is 1. The Bertz CT molecular complexity index is 837. The molecule has 7 heteroatoms. The van der Waals surface area contributed by atoms with Crippen molar-refractivity contribution in [3.8, 4) is 5.75 Å². The van der Waals surface area contributed by atoms with Gasteiger partial charge in [-0.05, 0) is 39.3 Å². The Kier molecular flexibility index (Phi) is 7.43. The molecule has 0 aliphatic rings. The molecule has 1 N–H and O–H groups in total. The van der Waals surface area contributed by atoms with Gasteiger partial charge in [0.1, 0.15) is 23.8 Å². The molecule has 1 amide bonds. The fraction of sp³-hybridized carbons (Fsp3) is 0.524. The van der Waals surface area contributed by atoms with Crippen LogP contribution in [0.1, 0.15) is 46.4 Å². The molecule has 0 saturated heterocycles. The number of hydrogen-bond donors (Lipinski definition) is 1. The van der Waals surface area contributed by atoms with Gasteiger partial charge in [0.2, 0.25) is 0 Å². The topological polar surface area (TPSA) is 65.4 Å². The highest BCUT2D eigenvalue weighted by atomic mass is 19.1. The van der Waals surface area contributed by atoms with E-state index in [1.54, 1.807) is 20.8 Å². The van der Waals surface area contributed by atoms with Crippen LogP contribution in [0, 0.1) is 0 Å². The van der Waals surface area contributed by atoms with Crippen molar-refractivity contribution < 1.29 is 18.7 Å². The first-order chi connectivity index (χ1) is 13.2. The van der Waals surface area contributed by atoms with Crippen LogP contribution < -0.4 is 10.1 Å². The lowest BCUT2D eigenvalue weighted by molar-refractivity contribution is 0.0531. The zero-order valence-electron chi connectivity index (χ0n) is 17.3. The van der Waals surface area contributed by atoms with Gasteiger partial charge in [0, 0.05) is 31.7 Å². The normalized spacial score (nSPS) is 12.3. The Morgan fingerprint density at radius 1 is 1.36 bits per heavy atom. The molecule has 0 aliphatic heterocycles. The molecule has 0 bridgehead atoms. The van der Waals surface area contributed by atoms with E-state index >= 15 is 0 Å². The van der Waals surface area contributed by atoms with E-state index < -0.39 is 11.7 Å². The molecule has 1 aromatic carbocycles. The molecule has 0 saturated carbocycles. The second-order valence-corrected chi connectivity index (χ2v) is 7.75. The number of amides is 1. The number of benzene rings is 1. The number of imidazole rings is 1. The summed E-state index contributed by atoms with van der Waals surface area (Å²) in [5, 5.41) is 2.52. The fourth-order valence-electron chi connectivity index (χ4n) is 2.67. The summed E-state index contributed by atoms with van der Waals surface area (Å²) in [5.74, 6) is 1.64. The summed E-state index contributed by atoms with van der Waals surface area (Å²) >= 11 is 0. The van der Waals surface area contributed by atoms with E-state index in [4.69, 9.17) is 9.47 Å². The van der Waals surface area contributed by atoms with Gasteiger partial charge in [-0.15, -0.1) is 0 Å². The number of hydrogen-bond acceptors (Lipinski definition) is 4. The van der Waals surface area contributed by atoms with Crippen LogP contribution in [0.3, 0.4) is 0 Å². The van der Waals surface area contributed by atoms with E-state index in [2.05, 4.69) is 21.8 Å². The van der Waals surface area contributed by atoms with Crippen molar-refractivity contribution in [2.24, 2.45) is 7.05 Å². The van der Waals surface area contributed by atoms with E-state index in [9.17, 15) is 9.18 Å². The monoisotopic (exact) mass is 391 g/mol. The van der Waals surface area contributed by atoms with Crippen LogP contribution in [-0.2, 0) is 18.2 Å². The average Bonchev–Trinajstić information content (AvgIpc) is 2.94. The largest absolute Gasteiger partial charge is 0.489 e. The maximum atomic E-state index is 13.1. The number of aryl methyl sites for hydroxylation is 2. The van der Waals surface area contributed by atoms with E-state index in [-0.39, 0.29) is 13.2 Å². The molecule has 28 heavy (non-hydrogen) atoms. The minimum atomic E-state index is -0.603. The number of ether oxygens (including phenoxy) is 2. The molecule has 2 rings (SSSR count). The third-order valence-corrected chi connectivity index (χ3v) is 4.14. The Morgan fingerprint density at radius 3 is 2.75 bits per heavy atom. The Morgan fingerprint density at radius 2 is 2.11 bits per heavy atom. The molecule has 0 fully saturated rings. The molecule has 0 spiro atoms. The minimum absolute atomic E-state index is 0.0123. The SMILES string of the molecule is CCCCc1nc2cc(OCC(=CF)CNC(=O)OC(C)(C)C)ccc2n1C. The van der Waals surface area contributed by atoms with Crippen LogP contribution >= 0.6 is 0 Å². The molecule has 0 atom stereocenters. The average molecular weight is 391 g/mol. The summed E-state index contributed by atoms with van der Waals surface area (Å²) < 4.78 is 26.0. The molecule has 2 aromatic rings. The number of aromatic nitrogens is 2. The lowest BCUT2D eigenvalue weighted by atomic mass is 10.2. The molecule has 0 unspecified atom stereocenters. The van der Waals surface area contributed by atoms with E-state index in [1.807, 2.05) is 25.2 Å².